The molecule has 35 heavy (non-hydrogen) atoms. The number of hydrogen-bond donors (Lipinski definition) is 1. The average Bonchev–Trinajstić information content (AvgIpc) is 3.36. The van der Waals surface area contributed by atoms with Crippen LogP contribution < -0.4 is 10.1 Å². The Morgan fingerprint density at radius 2 is 1.97 bits per heavy atom. The molecule has 0 atom stereocenters. The fourth-order valence-electron chi connectivity index (χ4n) is 4.11. The smallest absolute Gasteiger partial charge is 0.233 e. The van der Waals surface area contributed by atoms with Gasteiger partial charge in [0.25, 0.3) is 0 Å². The third-order valence-electron chi connectivity index (χ3n) is 6.15. The zero-order chi connectivity index (χ0) is 24.8. The second-order valence-electron chi connectivity index (χ2n) is 8.54. The van der Waals surface area contributed by atoms with E-state index in [-0.39, 0.29) is 23.5 Å². The van der Waals surface area contributed by atoms with Crippen LogP contribution >= 0.6 is 11.8 Å². The summed E-state index contributed by atoms with van der Waals surface area (Å²) in [6.07, 6.45) is 2.22. The van der Waals surface area contributed by atoms with E-state index >= 15 is 0 Å². The highest BCUT2D eigenvalue weighted by molar-refractivity contribution is 7.99. The van der Waals surface area contributed by atoms with Crippen molar-refractivity contribution >= 4 is 29.3 Å². The van der Waals surface area contributed by atoms with Gasteiger partial charge in [-0.1, -0.05) is 36.9 Å². The summed E-state index contributed by atoms with van der Waals surface area (Å²) < 4.78 is 7.04. The van der Waals surface area contributed by atoms with Crippen LogP contribution in [0.2, 0.25) is 0 Å². The number of nitrogens with one attached hydrogen (secondary N) is 1. The minimum Gasteiger partial charge on any atom is -0.494 e. The number of amides is 2. The van der Waals surface area contributed by atoms with Crippen LogP contribution in [0.5, 0.6) is 5.75 Å². The van der Waals surface area contributed by atoms with Crippen molar-refractivity contribution in [2.45, 2.75) is 38.3 Å². The molecule has 1 aromatic heterocycles. The van der Waals surface area contributed by atoms with Crippen molar-refractivity contribution in [3.05, 3.63) is 53.6 Å². The molecule has 9 nitrogen and oxygen atoms in total. The number of nitrogens with zero attached hydrogens (tertiary/aromatic N) is 5. The Kier molecular flexibility index (Phi) is 8.02. The Morgan fingerprint density at radius 3 is 2.71 bits per heavy atom. The van der Waals surface area contributed by atoms with Gasteiger partial charge in [-0.25, -0.2) is 0 Å². The number of methoxy groups -OCH3 is 1. The van der Waals surface area contributed by atoms with Gasteiger partial charge in [0.05, 0.1) is 12.9 Å². The van der Waals surface area contributed by atoms with Gasteiger partial charge in [0.2, 0.25) is 17.0 Å². The van der Waals surface area contributed by atoms with Crippen LogP contribution in [0.4, 0.5) is 5.69 Å². The number of tetrazole rings is 1. The zero-order valence-corrected chi connectivity index (χ0v) is 21.0. The third-order valence-corrected chi connectivity index (χ3v) is 7.05. The lowest BCUT2D eigenvalue weighted by atomic mass is 9.95. The van der Waals surface area contributed by atoms with E-state index in [9.17, 15) is 9.59 Å². The summed E-state index contributed by atoms with van der Waals surface area (Å²) in [5.74, 6) is 0.798. The molecule has 0 aliphatic carbocycles. The predicted octanol–water partition coefficient (Wildman–Crippen LogP) is 3.51. The van der Waals surface area contributed by atoms with Crippen LogP contribution in [0.15, 0.2) is 47.6 Å². The second-order valence-corrected chi connectivity index (χ2v) is 9.48. The van der Waals surface area contributed by atoms with Gasteiger partial charge in [0.15, 0.2) is 0 Å². The standard InChI is InChI=1S/C25H30N6O3S/c1-4-18-6-5-7-20(15-18)26-24(33)19-10-12-30(13-11-19)23(32)16-35-25-27-28-29-31(25)21-14-17(2)8-9-22(21)34-3/h5-9,14-15,19H,4,10-13,16H2,1-3H3,(H,26,33). The summed E-state index contributed by atoms with van der Waals surface area (Å²) in [6.45, 7) is 5.19. The minimum atomic E-state index is -0.0990. The summed E-state index contributed by atoms with van der Waals surface area (Å²) >= 11 is 1.29. The van der Waals surface area contributed by atoms with Crippen molar-refractivity contribution in [3.63, 3.8) is 0 Å². The van der Waals surface area contributed by atoms with E-state index in [1.54, 1.807) is 11.8 Å². The third kappa shape index (κ3) is 6.00. The molecule has 2 amide bonds. The molecule has 0 saturated carbocycles. The first-order chi connectivity index (χ1) is 17.0. The van der Waals surface area contributed by atoms with Crippen molar-refractivity contribution in [2.24, 2.45) is 5.92 Å². The van der Waals surface area contributed by atoms with Crippen LogP contribution in [-0.2, 0) is 16.0 Å². The second kappa shape index (κ2) is 11.4. The normalized spacial score (nSPS) is 14.1. The fourth-order valence-corrected chi connectivity index (χ4v) is 4.89. The van der Waals surface area contributed by atoms with Crippen LogP contribution in [-0.4, -0.2) is 62.9 Å². The SMILES string of the molecule is CCc1cccc(NC(=O)C2CCN(C(=O)CSc3nnnn3-c3cc(C)ccc3OC)CC2)c1. The Morgan fingerprint density at radius 1 is 1.17 bits per heavy atom. The summed E-state index contributed by atoms with van der Waals surface area (Å²) in [5, 5.41) is 15.5. The van der Waals surface area contributed by atoms with E-state index in [4.69, 9.17) is 4.74 Å². The number of rotatable bonds is 8. The van der Waals surface area contributed by atoms with Gasteiger partial charge in [-0.05, 0) is 72.0 Å². The van der Waals surface area contributed by atoms with Crippen molar-refractivity contribution in [1.82, 2.24) is 25.1 Å². The van der Waals surface area contributed by atoms with Gasteiger partial charge in [-0.2, -0.15) is 4.68 Å². The maximum absolute atomic E-state index is 12.9. The van der Waals surface area contributed by atoms with E-state index < -0.39 is 0 Å². The number of likely N-dealkylation sites (tertiary alicyclic amines) is 1. The van der Waals surface area contributed by atoms with Gasteiger partial charge in [0.1, 0.15) is 11.4 Å². The highest BCUT2D eigenvalue weighted by Gasteiger charge is 2.28. The zero-order valence-electron chi connectivity index (χ0n) is 20.2. The largest absolute Gasteiger partial charge is 0.494 e. The molecular weight excluding hydrogens is 464 g/mol. The molecule has 0 bridgehead atoms. The van der Waals surface area contributed by atoms with Crippen LogP contribution in [0.3, 0.4) is 0 Å². The Hall–Kier alpha value is -3.40. The van der Waals surface area contributed by atoms with Crippen molar-refractivity contribution in [3.8, 4) is 11.4 Å². The summed E-state index contributed by atoms with van der Waals surface area (Å²) in [4.78, 5) is 27.4. The molecular formula is C25H30N6O3S. The quantitative estimate of drug-likeness (QED) is 0.478. The van der Waals surface area contributed by atoms with Gasteiger partial charge in [0, 0.05) is 24.7 Å². The first-order valence-corrected chi connectivity index (χ1v) is 12.7. The average molecular weight is 495 g/mol. The highest BCUT2D eigenvalue weighted by Crippen LogP contribution is 2.27. The van der Waals surface area contributed by atoms with Crippen LogP contribution in [0.25, 0.3) is 5.69 Å². The topological polar surface area (TPSA) is 102 Å². The van der Waals surface area contributed by atoms with Crippen molar-refractivity contribution in [1.29, 1.82) is 0 Å². The van der Waals surface area contributed by atoms with Gasteiger partial charge >= 0.3 is 0 Å². The molecule has 2 heterocycles. The maximum Gasteiger partial charge on any atom is 0.233 e. The molecule has 10 heteroatoms. The van der Waals surface area contributed by atoms with Gasteiger partial charge < -0.3 is 15.0 Å². The Labute approximate surface area is 209 Å². The van der Waals surface area contributed by atoms with Crippen molar-refractivity contribution in [2.75, 3.05) is 31.3 Å². The Bertz CT molecular complexity index is 1190. The lowest BCUT2D eigenvalue weighted by Gasteiger charge is -2.31. The van der Waals surface area contributed by atoms with E-state index in [1.807, 2.05) is 54.3 Å². The molecule has 0 radical (unpaired) electrons. The number of carbonyl (C=O) groups is 2. The monoisotopic (exact) mass is 494 g/mol. The number of benzene rings is 2. The first-order valence-electron chi connectivity index (χ1n) is 11.7. The summed E-state index contributed by atoms with van der Waals surface area (Å²) in [5.41, 5.74) is 3.79. The van der Waals surface area contributed by atoms with E-state index in [1.165, 1.54) is 17.3 Å². The van der Waals surface area contributed by atoms with E-state index in [2.05, 4.69) is 27.8 Å². The number of ether oxygens (including phenoxy) is 1. The summed E-state index contributed by atoms with van der Waals surface area (Å²) in [7, 11) is 1.60. The molecule has 0 unspecified atom stereocenters. The van der Waals surface area contributed by atoms with Crippen LogP contribution in [0.1, 0.15) is 30.9 Å². The molecule has 1 saturated heterocycles. The maximum atomic E-state index is 12.9. The number of piperidine rings is 1. The molecule has 184 valence electrons. The molecule has 2 aromatic carbocycles. The molecule has 1 fully saturated rings. The predicted molar refractivity (Wildman–Crippen MR) is 135 cm³/mol. The molecule has 1 aliphatic rings. The number of anilines is 1. The van der Waals surface area contributed by atoms with E-state index in [0.717, 1.165) is 23.4 Å². The van der Waals surface area contributed by atoms with Crippen LogP contribution in [0, 0.1) is 12.8 Å². The molecule has 1 aliphatic heterocycles. The van der Waals surface area contributed by atoms with Gasteiger partial charge in [-0.15, -0.1) is 5.10 Å². The summed E-state index contributed by atoms with van der Waals surface area (Å²) in [6, 6.07) is 13.7. The number of aromatic nitrogens is 4. The number of aryl methyl sites for hydroxylation is 2. The minimum absolute atomic E-state index is 0.00950. The van der Waals surface area contributed by atoms with Gasteiger partial charge in [-0.3, -0.25) is 9.59 Å². The number of thioether (sulfide) groups is 1. The van der Waals surface area contributed by atoms with Crippen molar-refractivity contribution < 1.29 is 14.3 Å². The molecule has 1 N–H and O–H groups in total. The van der Waals surface area contributed by atoms with E-state index in [0.29, 0.717) is 36.8 Å². The lowest BCUT2D eigenvalue weighted by Crippen LogP contribution is -2.42. The fraction of sp³-hybridized carbons (Fsp3) is 0.400. The molecule has 3 aromatic rings. The number of carbonyl (C=O) groups excluding carboxylic acids is 2. The Balaban J connectivity index is 1.30. The lowest BCUT2D eigenvalue weighted by molar-refractivity contribution is -0.132. The highest BCUT2D eigenvalue weighted by atomic mass is 32.2. The first kappa shape index (κ1) is 24.7. The molecule has 0 spiro atoms. The number of hydrogen-bond acceptors (Lipinski definition) is 7. The molecule has 4 rings (SSSR count).